The largest absolute Gasteiger partial charge is 0.465 e. The van der Waals surface area contributed by atoms with Crippen molar-refractivity contribution in [1.29, 1.82) is 0 Å². The molecule has 1 aliphatic heterocycles. The topological polar surface area (TPSA) is 111 Å². The molecule has 9 nitrogen and oxygen atoms in total. The molecule has 0 radical (unpaired) electrons. The number of hydrogen-bond donors (Lipinski definition) is 1. The van der Waals surface area contributed by atoms with E-state index in [-0.39, 0.29) is 18.3 Å². The molecule has 0 aromatic rings. The number of thiocarbonyl (C=S) groups is 1. The zero-order chi connectivity index (χ0) is 17.6. The Hall–Kier alpha value is -1.61. The molecule has 0 aromatic carbocycles. The quantitative estimate of drug-likeness (QED) is 0.233. The van der Waals surface area contributed by atoms with Crippen LogP contribution in [0.4, 0.5) is 0 Å². The second kappa shape index (κ2) is 8.30. The van der Waals surface area contributed by atoms with Crippen molar-refractivity contribution in [3.8, 4) is 0 Å². The van der Waals surface area contributed by atoms with Gasteiger partial charge in [-0.25, -0.2) is 4.79 Å². The number of rotatable bonds is 7. The molecule has 2 amide bonds. The lowest BCUT2D eigenvalue weighted by molar-refractivity contribution is -0.135. The normalized spacial score (nSPS) is 16.4. The van der Waals surface area contributed by atoms with Crippen LogP contribution in [0.1, 0.15) is 20.3 Å². The minimum absolute atomic E-state index is 0.000735. The van der Waals surface area contributed by atoms with Gasteiger partial charge in [0, 0.05) is 6.20 Å². The van der Waals surface area contributed by atoms with Gasteiger partial charge in [0.2, 0.25) is 11.8 Å². The van der Waals surface area contributed by atoms with Crippen molar-refractivity contribution in [2.45, 2.75) is 20.3 Å². The first-order valence-corrected chi connectivity index (χ1v) is 8.59. The molecule has 0 aromatic heterocycles. The maximum absolute atomic E-state index is 12.8. The third-order valence-corrected chi connectivity index (χ3v) is 4.97. The summed E-state index contributed by atoms with van der Waals surface area (Å²) < 4.78 is 27.5. The molecule has 1 rings (SSSR count). The lowest BCUT2D eigenvalue weighted by Gasteiger charge is -2.26. The maximum Gasteiger partial charge on any atom is 0.370 e. The van der Waals surface area contributed by atoms with Crippen LogP contribution >= 0.6 is 19.8 Å². The van der Waals surface area contributed by atoms with E-state index in [1.54, 1.807) is 13.8 Å². The van der Waals surface area contributed by atoms with Gasteiger partial charge < -0.3 is 19.1 Å². The predicted molar refractivity (Wildman–Crippen MR) is 83.2 cm³/mol. The molecule has 0 atom stereocenters. The van der Waals surface area contributed by atoms with Gasteiger partial charge in [0.05, 0.1) is 20.3 Å². The first-order chi connectivity index (χ1) is 10.8. The molecular weight excluding hydrogens is 347 g/mol. The predicted octanol–water partition coefficient (Wildman–Crippen LogP) is 0.900. The van der Waals surface area contributed by atoms with Crippen molar-refractivity contribution in [3.63, 3.8) is 0 Å². The van der Waals surface area contributed by atoms with E-state index < -0.39 is 37.1 Å². The highest BCUT2D eigenvalue weighted by Crippen LogP contribution is 2.56. The van der Waals surface area contributed by atoms with Crippen LogP contribution in [0, 0.1) is 0 Å². The Kier molecular flexibility index (Phi) is 7.01. The zero-order valence-corrected chi connectivity index (χ0v) is 14.6. The molecule has 1 aliphatic rings. The van der Waals surface area contributed by atoms with E-state index in [1.165, 1.54) is 0 Å². The summed E-state index contributed by atoms with van der Waals surface area (Å²) in [6.45, 7) is 3.14. The Morgan fingerprint density at radius 3 is 2.35 bits per heavy atom. The fourth-order valence-electron chi connectivity index (χ4n) is 1.67. The third-order valence-electron chi connectivity index (χ3n) is 2.58. The minimum Gasteiger partial charge on any atom is -0.465 e. The van der Waals surface area contributed by atoms with Gasteiger partial charge >= 0.3 is 13.6 Å². The highest BCUT2D eigenvalue weighted by Gasteiger charge is 2.38. The molecule has 0 aliphatic carbocycles. The molecule has 0 unspecified atom stereocenters. The summed E-state index contributed by atoms with van der Waals surface area (Å²) >= 11 is 4.88. The molecule has 11 heteroatoms. The Bertz CT molecular complexity index is 574. The lowest BCUT2D eigenvalue weighted by Crippen LogP contribution is -2.50. The van der Waals surface area contributed by atoms with Crippen molar-refractivity contribution < 1.29 is 32.7 Å². The van der Waals surface area contributed by atoms with Crippen LogP contribution in [0.25, 0.3) is 0 Å². The van der Waals surface area contributed by atoms with E-state index in [2.05, 4.69) is 10.1 Å². The van der Waals surface area contributed by atoms with Gasteiger partial charge in [0.25, 0.3) is 0 Å². The zero-order valence-electron chi connectivity index (χ0n) is 12.9. The molecule has 1 N–H and O–H groups in total. The number of nitrogens with zero attached hydrogens (tertiary/aromatic N) is 1. The van der Waals surface area contributed by atoms with Gasteiger partial charge in [-0.15, -0.1) is 0 Å². The second-order valence-electron chi connectivity index (χ2n) is 4.13. The number of esters is 1. The van der Waals surface area contributed by atoms with E-state index in [9.17, 15) is 18.9 Å². The van der Waals surface area contributed by atoms with Crippen LogP contribution in [0.5, 0.6) is 0 Å². The van der Waals surface area contributed by atoms with E-state index in [0.717, 1.165) is 18.2 Å². The standard InChI is InChI=1S/C12H17N2O7PS/c1-4-20-22(18,21-5-2)8(11(17)19-3)7-14-10(16)6-9(15)13-12(14)23/h7H,4-6H2,1-3H3,(H,13,15,23)/b8-7-. The molecule has 23 heavy (non-hydrogen) atoms. The third kappa shape index (κ3) is 4.68. The van der Waals surface area contributed by atoms with Gasteiger partial charge in [-0.2, -0.15) is 0 Å². The van der Waals surface area contributed by atoms with E-state index in [1.807, 2.05) is 0 Å². The lowest BCUT2D eigenvalue weighted by atomic mass is 10.3. The summed E-state index contributed by atoms with van der Waals surface area (Å²) in [5.41, 5.74) is 0. The summed E-state index contributed by atoms with van der Waals surface area (Å²) in [5, 5.41) is 1.53. The molecule has 0 spiro atoms. The molecule has 128 valence electrons. The van der Waals surface area contributed by atoms with Crippen molar-refractivity contribution in [2.24, 2.45) is 0 Å². The second-order valence-corrected chi connectivity index (χ2v) is 6.51. The average molecular weight is 364 g/mol. The van der Waals surface area contributed by atoms with Crippen LogP contribution in [0.2, 0.25) is 0 Å². The Labute approximate surface area is 138 Å². The van der Waals surface area contributed by atoms with Crippen molar-refractivity contribution in [3.05, 3.63) is 11.5 Å². The highest BCUT2D eigenvalue weighted by atomic mass is 32.1. The monoisotopic (exact) mass is 364 g/mol. The van der Waals surface area contributed by atoms with Gasteiger partial charge in [-0.05, 0) is 26.1 Å². The van der Waals surface area contributed by atoms with Crippen LogP contribution in [0.3, 0.4) is 0 Å². The number of amides is 2. The van der Waals surface area contributed by atoms with Crippen molar-refractivity contribution in [1.82, 2.24) is 10.2 Å². The number of carbonyl (C=O) groups is 3. The summed E-state index contributed by atoms with van der Waals surface area (Å²) in [7, 11) is -2.94. The molecule has 0 bridgehead atoms. The fourth-order valence-corrected chi connectivity index (χ4v) is 3.54. The summed E-state index contributed by atoms with van der Waals surface area (Å²) in [6.07, 6.45) is 0.459. The average Bonchev–Trinajstić information content (AvgIpc) is 2.46. The van der Waals surface area contributed by atoms with Crippen molar-refractivity contribution >= 4 is 42.7 Å². The SMILES string of the molecule is CCOP(=O)(OCC)/C(=C\N1C(=O)CC(=O)NC1=S)C(=O)OC. The number of carbonyl (C=O) groups excluding carboxylic acids is 3. The molecule has 1 fully saturated rings. The maximum atomic E-state index is 12.8. The van der Waals surface area contributed by atoms with E-state index >= 15 is 0 Å². The molecule has 1 heterocycles. The van der Waals surface area contributed by atoms with Crippen molar-refractivity contribution in [2.75, 3.05) is 20.3 Å². The molecule has 1 saturated heterocycles. The summed E-state index contributed by atoms with van der Waals surface area (Å²) in [5.74, 6) is -2.25. The minimum atomic E-state index is -4.02. The highest BCUT2D eigenvalue weighted by molar-refractivity contribution is 7.80. The number of methoxy groups -OCH3 is 1. The number of nitrogens with one attached hydrogen (secondary N) is 1. The number of ether oxygens (including phenoxy) is 1. The fraction of sp³-hybridized carbons (Fsp3) is 0.500. The Morgan fingerprint density at radius 1 is 1.35 bits per heavy atom. The van der Waals surface area contributed by atoms with Gasteiger partial charge in [-0.1, -0.05) is 0 Å². The van der Waals surface area contributed by atoms with Crippen LogP contribution in [-0.4, -0.2) is 48.1 Å². The first-order valence-electron chi connectivity index (χ1n) is 6.64. The smallest absolute Gasteiger partial charge is 0.370 e. The van der Waals surface area contributed by atoms with Crippen LogP contribution < -0.4 is 5.32 Å². The van der Waals surface area contributed by atoms with Gasteiger partial charge in [-0.3, -0.25) is 19.1 Å². The summed E-state index contributed by atoms with van der Waals surface area (Å²) in [4.78, 5) is 36.0. The first kappa shape index (κ1) is 19.4. The van der Waals surface area contributed by atoms with Gasteiger partial charge in [0.15, 0.2) is 10.4 Å². The van der Waals surface area contributed by atoms with E-state index in [4.69, 9.17) is 21.3 Å². The number of hydrogen-bond acceptors (Lipinski definition) is 8. The molecule has 0 saturated carbocycles. The Morgan fingerprint density at radius 2 is 1.91 bits per heavy atom. The summed E-state index contributed by atoms with van der Waals surface area (Å²) in [6, 6.07) is 0. The van der Waals surface area contributed by atoms with Crippen LogP contribution in [0.15, 0.2) is 11.5 Å². The molecular formula is C12H17N2O7PS. The van der Waals surface area contributed by atoms with Gasteiger partial charge in [0.1, 0.15) is 6.42 Å². The van der Waals surface area contributed by atoms with E-state index in [0.29, 0.717) is 0 Å². The van der Waals surface area contributed by atoms with Crippen LogP contribution in [-0.2, 0) is 32.7 Å². The Balaban J connectivity index is 3.32.